The van der Waals surface area contributed by atoms with Gasteiger partial charge >= 0.3 is 5.69 Å². The predicted octanol–water partition coefficient (Wildman–Crippen LogP) is -0.0463. The molecule has 1 aromatic carbocycles. The highest BCUT2D eigenvalue weighted by Crippen LogP contribution is 2.34. The van der Waals surface area contributed by atoms with E-state index in [0.29, 0.717) is 11.1 Å². The average molecular weight is 337 g/mol. The summed E-state index contributed by atoms with van der Waals surface area (Å²) in [6, 6.07) is 6.66. The van der Waals surface area contributed by atoms with E-state index in [1.165, 1.54) is 7.05 Å². The molecule has 0 atom stereocenters. The summed E-state index contributed by atoms with van der Waals surface area (Å²) < 4.78 is 0. The molecule has 2 aromatic rings. The van der Waals surface area contributed by atoms with Crippen LogP contribution in [0.3, 0.4) is 0 Å². The maximum absolute atomic E-state index is 12.1. The lowest BCUT2D eigenvalue weighted by Crippen LogP contribution is -2.27. The van der Waals surface area contributed by atoms with Gasteiger partial charge in [0.05, 0.1) is 18.0 Å². The summed E-state index contributed by atoms with van der Waals surface area (Å²) in [5.74, 6) is -1.27. The van der Waals surface area contributed by atoms with E-state index >= 15 is 0 Å². The molecule has 0 radical (unpaired) electrons. The molecular formula is C16H11N5O4. The Kier molecular flexibility index (Phi) is 3.79. The van der Waals surface area contributed by atoms with Crippen molar-refractivity contribution in [3.63, 3.8) is 0 Å². The zero-order valence-corrected chi connectivity index (χ0v) is 12.9. The van der Waals surface area contributed by atoms with Crippen molar-refractivity contribution in [1.82, 2.24) is 15.3 Å². The highest BCUT2D eigenvalue weighted by molar-refractivity contribution is 6.23. The van der Waals surface area contributed by atoms with Crippen LogP contribution >= 0.6 is 0 Å². The van der Waals surface area contributed by atoms with Crippen molar-refractivity contribution in [2.24, 2.45) is 4.99 Å². The molecule has 0 bridgehead atoms. The van der Waals surface area contributed by atoms with Crippen molar-refractivity contribution in [1.29, 1.82) is 0 Å². The number of benzene rings is 1. The number of amides is 1. The van der Waals surface area contributed by atoms with E-state index in [9.17, 15) is 19.5 Å². The third-order valence-corrected chi connectivity index (χ3v) is 3.60. The molecule has 4 N–H and O–H groups in total. The van der Waals surface area contributed by atoms with Crippen molar-refractivity contribution in [3.8, 4) is 5.88 Å². The predicted molar refractivity (Wildman–Crippen MR) is 89.0 cm³/mol. The maximum atomic E-state index is 12.1. The summed E-state index contributed by atoms with van der Waals surface area (Å²) in [5.41, 5.74) is -1.11. The van der Waals surface area contributed by atoms with Gasteiger partial charge in [-0.2, -0.15) is 0 Å². The number of hydrogen-bond donors (Lipinski definition) is 4. The second-order valence-corrected chi connectivity index (χ2v) is 5.03. The first kappa shape index (κ1) is 15.9. The first-order valence-corrected chi connectivity index (χ1v) is 7.06. The number of carbonyl (C=O) groups excluding carboxylic acids is 1. The van der Waals surface area contributed by atoms with Gasteiger partial charge < -0.3 is 10.4 Å². The molecule has 124 valence electrons. The van der Waals surface area contributed by atoms with E-state index in [1.54, 1.807) is 24.3 Å². The van der Waals surface area contributed by atoms with Gasteiger partial charge in [-0.05, 0) is 5.56 Å². The third kappa shape index (κ3) is 2.51. The second kappa shape index (κ2) is 5.93. The number of fused-ring (bicyclic) bond motifs is 1. The molecule has 1 aliphatic heterocycles. The van der Waals surface area contributed by atoms with Crippen molar-refractivity contribution in [2.75, 3.05) is 7.05 Å². The molecule has 25 heavy (non-hydrogen) atoms. The summed E-state index contributed by atoms with van der Waals surface area (Å²) in [6.45, 7) is 7.26. The number of aliphatic imine (C=N–C) groups is 1. The molecule has 0 spiro atoms. The van der Waals surface area contributed by atoms with Crippen LogP contribution in [0, 0.1) is 6.57 Å². The SMILES string of the molecule is [C-]#[N+]/C(C(=O)NC)=C1/N=C(c2c(O)[nH]c(=O)[nH]c2=O)c2ccccc21. The molecule has 0 unspecified atom stereocenters. The van der Waals surface area contributed by atoms with Crippen molar-refractivity contribution in [3.05, 3.63) is 78.9 Å². The van der Waals surface area contributed by atoms with Crippen LogP contribution in [0.5, 0.6) is 5.88 Å². The highest BCUT2D eigenvalue weighted by Gasteiger charge is 2.29. The average Bonchev–Trinajstić information content (AvgIpc) is 2.94. The molecule has 3 rings (SSSR count). The van der Waals surface area contributed by atoms with Gasteiger partial charge in [0.2, 0.25) is 5.88 Å². The number of likely N-dealkylation sites (N-methyl/N-ethyl adjacent to an activating group) is 1. The first-order chi connectivity index (χ1) is 12.0. The van der Waals surface area contributed by atoms with Crippen molar-refractivity contribution < 1.29 is 9.90 Å². The molecule has 1 amide bonds. The van der Waals surface area contributed by atoms with Crippen molar-refractivity contribution >= 4 is 17.3 Å². The second-order valence-electron chi connectivity index (χ2n) is 5.03. The van der Waals surface area contributed by atoms with E-state index in [0.717, 1.165) is 0 Å². The normalized spacial score (nSPS) is 14.3. The van der Waals surface area contributed by atoms with Crippen LogP contribution in [0.15, 0.2) is 44.5 Å². The molecular weight excluding hydrogens is 326 g/mol. The van der Waals surface area contributed by atoms with Crippen molar-refractivity contribution in [2.45, 2.75) is 0 Å². The third-order valence-electron chi connectivity index (χ3n) is 3.60. The Morgan fingerprint density at radius 1 is 1.24 bits per heavy atom. The fourth-order valence-corrected chi connectivity index (χ4v) is 2.52. The molecule has 1 aliphatic rings. The monoisotopic (exact) mass is 337 g/mol. The summed E-state index contributed by atoms with van der Waals surface area (Å²) >= 11 is 0. The van der Waals surface area contributed by atoms with E-state index in [1.807, 2.05) is 4.98 Å². The number of nitrogens with zero attached hydrogens (tertiary/aromatic N) is 2. The number of rotatable bonds is 2. The van der Waals surface area contributed by atoms with Gasteiger partial charge in [0.1, 0.15) is 5.56 Å². The van der Waals surface area contributed by atoms with Gasteiger partial charge in [-0.15, -0.1) is 0 Å². The summed E-state index contributed by atoms with van der Waals surface area (Å²) in [6.07, 6.45) is 0. The number of aromatic amines is 2. The van der Waals surface area contributed by atoms with Crippen LogP contribution in [-0.4, -0.2) is 33.7 Å². The Morgan fingerprint density at radius 2 is 1.92 bits per heavy atom. The fourth-order valence-electron chi connectivity index (χ4n) is 2.52. The lowest BCUT2D eigenvalue weighted by Gasteiger charge is -2.04. The van der Waals surface area contributed by atoms with E-state index < -0.39 is 23.0 Å². The fraction of sp³-hybridized carbons (Fsp3) is 0.0625. The van der Waals surface area contributed by atoms with Gasteiger partial charge in [0, 0.05) is 12.6 Å². The van der Waals surface area contributed by atoms with Crippen LogP contribution in [-0.2, 0) is 4.79 Å². The zero-order valence-electron chi connectivity index (χ0n) is 12.9. The Hall–Kier alpha value is -3.93. The molecule has 2 heterocycles. The number of aromatic nitrogens is 2. The number of aromatic hydroxyl groups is 1. The van der Waals surface area contributed by atoms with Crippen LogP contribution in [0.2, 0.25) is 0 Å². The first-order valence-electron chi connectivity index (χ1n) is 7.06. The van der Waals surface area contributed by atoms with Gasteiger partial charge in [0.15, 0.2) is 0 Å². The molecule has 0 saturated carbocycles. The molecule has 9 nitrogen and oxygen atoms in total. The zero-order chi connectivity index (χ0) is 18.1. The minimum absolute atomic E-state index is 0.0608. The molecule has 9 heteroatoms. The number of carbonyl (C=O) groups is 1. The van der Waals surface area contributed by atoms with Gasteiger partial charge in [0.25, 0.3) is 17.2 Å². The number of H-pyrrole nitrogens is 2. The Bertz CT molecular complexity index is 1110. The summed E-state index contributed by atoms with van der Waals surface area (Å²) in [7, 11) is 1.39. The van der Waals surface area contributed by atoms with Crippen LogP contribution in [0.4, 0.5) is 0 Å². The number of nitrogens with one attached hydrogen (secondary N) is 3. The quantitative estimate of drug-likeness (QED) is 0.452. The molecule has 1 aromatic heterocycles. The largest absolute Gasteiger partial charge is 0.494 e. The van der Waals surface area contributed by atoms with Crippen LogP contribution < -0.4 is 16.6 Å². The molecule has 0 saturated heterocycles. The topological polar surface area (TPSA) is 132 Å². The Labute approximate surface area is 140 Å². The smallest absolute Gasteiger partial charge is 0.328 e. The van der Waals surface area contributed by atoms with Crippen LogP contribution in [0.1, 0.15) is 16.7 Å². The summed E-state index contributed by atoms with van der Waals surface area (Å²) in [4.78, 5) is 46.9. The lowest BCUT2D eigenvalue weighted by molar-refractivity contribution is -0.116. The van der Waals surface area contributed by atoms with Crippen LogP contribution in [0.25, 0.3) is 10.5 Å². The Morgan fingerprint density at radius 3 is 2.52 bits per heavy atom. The van der Waals surface area contributed by atoms with E-state index in [-0.39, 0.29) is 22.7 Å². The maximum Gasteiger partial charge on any atom is 0.328 e. The molecule has 0 aliphatic carbocycles. The highest BCUT2D eigenvalue weighted by atomic mass is 16.3. The Balaban J connectivity index is 2.37. The lowest BCUT2D eigenvalue weighted by atomic mass is 10.00. The standard InChI is InChI=1S/C16H11N5O4/c1-17-12(15(24)18-2)11-8-6-4-3-5-7(8)10(19-11)9-13(22)20-16(25)21-14(9)23/h3-6H,2H3,(H,18,24)(H3,20,21,22,23,25)/b12-11+. The van der Waals surface area contributed by atoms with Gasteiger partial charge in [-0.25, -0.2) is 9.64 Å². The molecule has 0 fully saturated rings. The van der Waals surface area contributed by atoms with E-state index in [2.05, 4.69) is 20.1 Å². The minimum Gasteiger partial charge on any atom is -0.494 e. The van der Waals surface area contributed by atoms with E-state index in [4.69, 9.17) is 6.57 Å². The minimum atomic E-state index is -0.860. The number of hydrogen-bond acceptors (Lipinski definition) is 5. The van der Waals surface area contributed by atoms with Gasteiger partial charge in [-0.3, -0.25) is 24.5 Å². The van der Waals surface area contributed by atoms with Gasteiger partial charge in [-0.1, -0.05) is 24.3 Å². The summed E-state index contributed by atoms with van der Waals surface area (Å²) in [5, 5.41) is 12.3.